The molecule has 0 spiro atoms. The summed E-state index contributed by atoms with van der Waals surface area (Å²) in [5.74, 6) is 0.687. The van der Waals surface area contributed by atoms with Gasteiger partial charge < -0.3 is 9.30 Å². The average molecular weight is 468 g/mol. The number of para-hydroxylation sites is 1. The van der Waals surface area contributed by atoms with E-state index in [1.54, 1.807) is 24.5 Å². The highest BCUT2D eigenvalue weighted by Crippen LogP contribution is 2.32. The Hall–Kier alpha value is -2.68. The van der Waals surface area contributed by atoms with Crippen LogP contribution in [0.15, 0.2) is 72.0 Å². The molecule has 0 bridgehead atoms. The molecule has 4 aromatic rings. The Kier molecular flexibility index (Phi) is 6.11. The zero-order chi connectivity index (χ0) is 22.9. The zero-order valence-electron chi connectivity index (χ0n) is 18.9. The van der Waals surface area contributed by atoms with E-state index in [-0.39, 0.29) is 4.90 Å². The molecule has 0 aliphatic rings. The molecule has 0 unspecified atom stereocenters. The minimum absolute atomic E-state index is 0.258. The molecule has 0 saturated heterocycles. The Bertz CT molecular complexity index is 1330. The van der Waals surface area contributed by atoms with Gasteiger partial charge in [-0.15, -0.1) is 0 Å². The van der Waals surface area contributed by atoms with Crippen molar-refractivity contribution in [2.45, 2.75) is 44.2 Å². The van der Waals surface area contributed by atoms with Crippen molar-refractivity contribution in [1.29, 1.82) is 0 Å². The normalized spacial score (nSPS) is 12.5. The van der Waals surface area contributed by atoms with E-state index in [0.29, 0.717) is 24.7 Å². The number of nitrogens with zero attached hydrogens (tertiary/aromatic N) is 3. The second kappa shape index (κ2) is 8.69. The topological polar surface area (TPSA) is 66.1 Å². The fraction of sp³-hybridized carbons (Fsp3) is 0.292. The lowest BCUT2D eigenvalue weighted by Crippen LogP contribution is -2.22. The van der Waals surface area contributed by atoms with Crippen molar-refractivity contribution in [3.8, 4) is 11.4 Å². The van der Waals surface area contributed by atoms with Crippen molar-refractivity contribution in [3.63, 3.8) is 0 Å². The summed E-state index contributed by atoms with van der Waals surface area (Å²) in [5.41, 5.74) is 2.39. The predicted octanol–water partition coefficient (Wildman–Crippen LogP) is 5.36. The maximum atomic E-state index is 13.4. The second-order valence-electron chi connectivity index (χ2n) is 9.24. The van der Waals surface area contributed by atoms with E-state index in [1.807, 2.05) is 54.1 Å². The van der Waals surface area contributed by atoms with Gasteiger partial charge in [0, 0.05) is 44.2 Å². The molecule has 4 rings (SSSR count). The summed E-state index contributed by atoms with van der Waals surface area (Å²) in [5, 5.41) is 0.831. The van der Waals surface area contributed by atoms with Gasteiger partial charge in [0.1, 0.15) is 12.6 Å². The number of aryl methyl sites for hydroxylation is 1. The number of hydrogen-bond donors (Lipinski definition) is 0. The lowest BCUT2D eigenvalue weighted by atomic mass is 10.1. The first-order valence-electron chi connectivity index (χ1n) is 10.7. The van der Waals surface area contributed by atoms with Crippen LogP contribution in [0.3, 0.4) is 0 Å². The second-order valence-corrected chi connectivity index (χ2v) is 16.7. The maximum Gasteiger partial charge on any atom is 0.268 e. The highest BCUT2D eigenvalue weighted by Gasteiger charge is 2.23. The van der Waals surface area contributed by atoms with E-state index in [4.69, 9.17) is 4.74 Å². The summed E-state index contributed by atoms with van der Waals surface area (Å²) >= 11 is 0. The van der Waals surface area contributed by atoms with Crippen molar-refractivity contribution in [2.24, 2.45) is 0 Å². The van der Waals surface area contributed by atoms with Crippen LogP contribution in [0.25, 0.3) is 22.3 Å². The molecule has 0 aliphatic heterocycles. The lowest BCUT2D eigenvalue weighted by molar-refractivity contribution is 0.0883. The van der Waals surface area contributed by atoms with Gasteiger partial charge in [-0.25, -0.2) is 17.4 Å². The summed E-state index contributed by atoms with van der Waals surface area (Å²) in [6.45, 7) is 9.99. The quantitative estimate of drug-likeness (QED) is 0.258. The molecule has 2 aromatic carbocycles. The first-order valence-corrected chi connectivity index (χ1v) is 15.8. The predicted molar refractivity (Wildman–Crippen MR) is 131 cm³/mol. The van der Waals surface area contributed by atoms with Crippen molar-refractivity contribution >= 4 is 29.0 Å². The Labute approximate surface area is 190 Å². The van der Waals surface area contributed by atoms with Crippen LogP contribution in [0.5, 0.6) is 0 Å². The maximum absolute atomic E-state index is 13.4. The minimum atomic E-state index is -3.75. The van der Waals surface area contributed by atoms with Crippen LogP contribution in [0.4, 0.5) is 0 Å². The van der Waals surface area contributed by atoms with Crippen LogP contribution >= 0.6 is 0 Å². The Morgan fingerprint density at radius 2 is 1.75 bits per heavy atom. The Balaban J connectivity index is 1.72. The summed E-state index contributed by atoms with van der Waals surface area (Å²) < 4.78 is 36.1. The van der Waals surface area contributed by atoms with E-state index >= 15 is 0 Å². The number of imidazole rings is 1. The molecule has 6 nitrogen and oxygen atoms in total. The summed E-state index contributed by atoms with van der Waals surface area (Å²) in [6.07, 6.45) is 5.25. The van der Waals surface area contributed by atoms with Gasteiger partial charge in [-0.2, -0.15) is 0 Å². The van der Waals surface area contributed by atoms with Gasteiger partial charge >= 0.3 is 0 Å². The van der Waals surface area contributed by atoms with E-state index in [2.05, 4.69) is 24.6 Å². The van der Waals surface area contributed by atoms with Crippen molar-refractivity contribution in [2.75, 3.05) is 6.61 Å². The number of ether oxygens (including phenoxy) is 1. The third-order valence-electron chi connectivity index (χ3n) is 5.44. The van der Waals surface area contributed by atoms with E-state index in [1.165, 1.54) is 3.97 Å². The van der Waals surface area contributed by atoms with E-state index in [9.17, 15) is 8.42 Å². The van der Waals surface area contributed by atoms with Gasteiger partial charge in [0.25, 0.3) is 10.0 Å². The molecule has 0 fully saturated rings. The molecule has 2 aromatic heterocycles. The lowest BCUT2D eigenvalue weighted by Gasteiger charge is -2.16. The molecular formula is C24H29N3O3SSi. The minimum Gasteiger partial charge on any atom is -0.361 e. The smallest absolute Gasteiger partial charge is 0.268 e. The van der Waals surface area contributed by atoms with Crippen molar-refractivity contribution < 1.29 is 13.2 Å². The molecule has 0 N–H and O–H groups in total. The van der Waals surface area contributed by atoms with Gasteiger partial charge in [-0.3, -0.25) is 0 Å². The van der Waals surface area contributed by atoms with Crippen LogP contribution in [-0.2, 0) is 21.5 Å². The summed E-state index contributed by atoms with van der Waals surface area (Å²) in [4.78, 5) is 4.79. The Morgan fingerprint density at radius 3 is 2.47 bits per heavy atom. The van der Waals surface area contributed by atoms with Gasteiger partial charge in [-0.1, -0.05) is 55.5 Å². The summed E-state index contributed by atoms with van der Waals surface area (Å²) in [6, 6.07) is 15.5. The molecule has 0 radical (unpaired) electrons. The highest BCUT2D eigenvalue weighted by molar-refractivity contribution is 7.90. The van der Waals surface area contributed by atoms with Crippen LogP contribution < -0.4 is 0 Å². The number of hydrogen-bond acceptors (Lipinski definition) is 4. The molecule has 0 saturated carbocycles. The third kappa shape index (κ3) is 4.57. The number of aromatic nitrogens is 3. The fourth-order valence-electron chi connectivity index (χ4n) is 3.55. The standard InChI is InChI=1S/C24H29N3O3SSi/c1-19-9-11-20(12-10-19)31(28,29)27-17-22(21-7-5-6-8-23(21)27)24-25-13-14-26(24)18-30-15-16-32(2,3)4/h5-14,17H,15-16,18H2,1-4H3. The van der Waals surface area contributed by atoms with Crippen LogP contribution in [0, 0.1) is 6.92 Å². The van der Waals surface area contributed by atoms with Crippen LogP contribution in [-0.4, -0.2) is 36.6 Å². The highest BCUT2D eigenvalue weighted by atomic mass is 32.2. The Morgan fingerprint density at radius 1 is 1.03 bits per heavy atom. The van der Waals surface area contributed by atoms with Crippen molar-refractivity contribution in [1.82, 2.24) is 13.5 Å². The van der Waals surface area contributed by atoms with Crippen molar-refractivity contribution in [3.05, 3.63) is 72.7 Å². The largest absolute Gasteiger partial charge is 0.361 e. The molecule has 0 aliphatic carbocycles. The van der Waals surface area contributed by atoms with Gasteiger partial charge in [0.2, 0.25) is 0 Å². The molecule has 8 heteroatoms. The average Bonchev–Trinajstić information content (AvgIpc) is 3.35. The van der Waals surface area contributed by atoms with Crippen LogP contribution in [0.1, 0.15) is 5.56 Å². The molecule has 2 heterocycles. The van der Waals surface area contributed by atoms with Gasteiger partial charge in [0.05, 0.1) is 10.4 Å². The molecular weight excluding hydrogens is 438 g/mol. The third-order valence-corrected chi connectivity index (χ3v) is 8.83. The SMILES string of the molecule is Cc1ccc(S(=O)(=O)n2cc(-c3nccn3COCC[Si](C)(C)C)c3ccccc32)cc1. The first kappa shape index (κ1) is 22.5. The van der Waals surface area contributed by atoms with Crippen LogP contribution in [0.2, 0.25) is 25.7 Å². The van der Waals surface area contributed by atoms with Gasteiger partial charge in [0.15, 0.2) is 0 Å². The molecule has 168 valence electrons. The number of rotatable bonds is 8. The van der Waals surface area contributed by atoms with E-state index < -0.39 is 18.1 Å². The molecule has 32 heavy (non-hydrogen) atoms. The fourth-order valence-corrected chi connectivity index (χ4v) is 5.68. The molecule has 0 atom stereocenters. The molecule has 0 amide bonds. The number of fused-ring (bicyclic) bond motifs is 1. The van der Waals surface area contributed by atoms with Gasteiger partial charge in [-0.05, 0) is 31.2 Å². The first-order chi connectivity index (χ1) is 15.2. The zero-order valence-corrected chi connectivity index (χ0v) is 20.8. The monoisotopic (exact) mass is 467 g/mol. The summed E-state index contributed by atoms with van der Waals surface area (Å²) in [7, 11) is -4.92. The number of benzene rings is 2. The van der Waals surface area contributed by atoms with E-state index in [0.717, 1.165) is 22.6 Å².